The van der Waals surface area contributed by atoms with E-state index in [2.05, 4.69) is 42.4 Å². The molecule has 0 atom stereocenters. The average molecular weight is 503 g/mol. The molecule has 11 heteroatoms. The highest BCUT2D eigenvalue weighted by atomic mass is 79.9. The van der Waals surface area contributed by atoms with Crippen molar-refractivity contribution in [1.82, 2.24) is 5.43 Å². The number of hydrazone groups is 1. The van der Waals surface area contributed by atoms with Crippen molar-refractivity contribution in [3.8, 4) is 17.2 Å². The molecule has 0 fully saturated rings. The highest BCUT2D eigenvalue weighted by Gasteiger charge is 2.16. The van der Waals surface area contributed by atoms with Gasteiger partial charge < -0.3 is 14.9 Å². The molecule has 2 aromatic carbocycles. The van der Waals surface area contributed by atoms with Gasteiger partial charge in [0.15, 0.2) is 12.4 Å². The lowest BCUT2D eigenvalue weighted by atomic mass is 10.2. The number of nitrogens with one attached hydrogen (secondary N) is 1. The van der Waals surface area contributed by atoms with Crippen LogP contribution >= 0.6 is 31.9 Å². The van der Waals surface area contributed by atoms with Crippen LogP contribution in [0.4, 0.5) is 5.69 Å². The molecule has 9 nitrogen and oxygen atoms in total. The molecular formula is C16H13Br2N3O6. The predicted octanol–water partition coefficient (Wildman–Crippen LogP) is 3.37. The van der Waals surface area contributed by atoms with Gasteiger partial charge in [0.1, 0.15) is 16.0 Å². The molecule has 0 spiro atoms. The van der Waals surface area contributed by atoms with Crippen LogP contribution in [-0.2, 0) is 4.79 Å². The Kier molecular flexibility index (Phi) is 6.75. The zero-order valence-corrected chi connectivity index (χ0v) is 16.9. The number of aryl methyl sites for hydroxylation is 1. The van der Waals surface area contributed by atoms with Crippen LogP contribution in [0.2, 0.25) is 0 Å². The number of nitrogens with zero attached hydrogens (tertiary/aromatic N) is 2. The second kappa shape index (κ2) is 8.82. The Hall–Kier alpha value is -2.66. The number of phenols is 2. The van der Waals surface area contributed by atoms with Gasteiger partial charge in [-0.05, 0) is 56.5 Å². The van der Waals surface area contributed by atoms with Crippen molar-refractivity contribution in [1.29, 1.82) is 0 Å². The molecule has 0 saturated carbocycles. The van der Waals surface area contributed by atoms with E-state index >= 15 is 0 Å². The maximum Gasteiger partial charge on any atom is 0.311 e. The summed E-state index contributed by atoms with van der Waals surface area (Å²) in [6.45, 7) is 1.21. The highest BCUT2D eigenvalue weighted by Crippen LogP contribution is 2.40. The molecule has 142 valence electrons. The van der Waals surface area contributed by atoms with E-state index < -0.39 is 17.4 Å². The molecule has 27 heavy (non-hydrogen) atoms. The second-order valence-electron chi connectivity index (χ2n) is 5.27. The van der Waals surface area contributed by atoms with E-state index in [0.717, 1.165) is 6.21 Å². The first-order valence-corrected chi connectivity index (χ1v) is 8.89. The molecule has 3 N–H and O–H groups in total. The van der Waals surface area contributed by atoms with Crippen LogP contribution in [-0.4, -0.2) is 33.9 Å². The summed E-state index contributed by atoms with van der Waals surface area (Å²) in [6, 6.07) is 5.78. The first-order chi connectivity index (χ1) is 12.7. The topological polar surface area (TPSA) is 134 Å². The molecular weight excluding hydrogens is 490 g/mol. The lowest BCUT2D eigenvalue weighted by molar-refractivity contribution is -0.385. The van der Waals surface area contributed by atoms with Gasteiger partial charge in [-0.25, -0.2) is 5.43 Å². The Morgan fingerprint density at radius 1 is 1.33 bits per heavy atom. The molecule has 0 heterocycles. The highest BCUT2D eigenvalue weighted by molar-refractivity contribution is 9.11. The number of aromatic hydroxyl groups is 2. The number of carbonyl (C=O) groups excluding carboxylic acids is 1. The van der Waals surface area contributed by atoms with E-state index in [9.17, 15) is 25.1 Å². The minimum Gasteiger partial charge on any atom is -0.506 e. The molecule has 0 radical (unpaired) electrons. The summed E-state index contributed by atoms with van der Waals surface area (Å²) < 4.78 is 5.55. The second-order valence-corrected chi connectivity index (χ2v) is 6.92. The van der Waals surface area contributed by atoms with Crippen molar-refractivity contribution in [2.24, 2.45) is 5.10 Å². The monoisotopic (exact) mass is 501 g/mol. The molecule has 0 aliphatic heterocycles. The van der Waals surface area contributed by atoms with E-state index in [1.54, 1.807) is 13.0 Å². The van der Waals surface area contributed by atoms with Gasteiger partial charge in [0.05, 0.1) is 15.6 Å². The summed E-state index contributed by atoms with van der Waals surface area (Å²) in [7, 11) is 0. The van der Waals surface area contributed by atoms with Crippen molar-refractivity contribution in [2.75, 3.05) is 6.61 Å². The van der Waals surface area contributed by atoms with Crippen LogP contribution in [0.3, 0.4) is 0 Å². The Morgan fingerprint density at radius 3 is 2.70 bits per heavy atom. The van der Waals surface area contributed by atoms with Gasteiger partial charge in [-0.1, -0.05) is 6.07 Å². The molecule has 2 aromatic rings. The first kappa shape index (κ1) is 20.6. The zero-order valence-electron chi connectivity index (χ0n) is 13.8. The molecule has 0 unspecified atom stereocenters. The van der Waals surface area contributed by atoms with Crippen molar-refractivity contribution < 1.29 is 24.7 Å². The number of nitro benzene ring substituents is 1. The van der Waals surface area contributed by atoms with Crippen LogP contribution in [0.15, 0.2) is 38.3 Å². The van der Waals surface area contributed by atoms with Gasteiger partial charge >= 0.3 is 5.69 Å². The number of amides is 1. The Balaban J connectivity index is 2.00. The summed E-state index contributed by atoms with van der Waals surface area (Å²) >= 11 is 6.13. The summed E-state index contributed by atoms with van der Waals surface area (Å²) in [5.41, 5.74) is 2.85. The minimum absolute atomic E-state index is 0.0335. The third kappa shape index (κ3) is 5.17. The number of carbonyl (C=O) groups is 1. The van der Waals surface area contributed by atoms with E-state index in [0.29, 0.717) is 10.0 Å². The van der Waals surface area contributed by atoms with E-state index in [-0.39, 0.29) is 33.0 Å². The standard InChI is InChI=1S/C16H13Br2N3O6/c1-8-2-3-12(11(4-8)21(25)26)27-7-13(22)20-19-6-9-5-10(17)16(24)14(18)15(9)23/h2-6,23-24H,7H2,1H3,(H,20,22). The molecule has 0 aliphatic carbocycles. The number of ether oxygens (including phenoxy) is 1. The number of hydrogen-bond acceptors (Lipinski definition) is 7. The quantitative estimate of drug-likeness (QED) is 0.315. The summed E-state index contributed by atoms with van der Waals surface area (Å²) in [6.07, 6.45) is 1.16. The molecule has 0 saturated heterocycles. The SMILES string of the molecule is Cc1ccc(OCC(=O)NN=Cc2cc(Br)c(O)c(Br)c2O)c([N+](=O)[O-])c1. The molecule has 0 aliphatic rings. The van der Waals surface area contributed by atoms with Gasteiger partial charge in [0.25, 0.3) is 5.91 Å². The number of halogens is 2. The smallest absolute Gasteiger partial charge is 0.311 e. The van der Waals surface area contributed by atoms with Crippen molar-refractivity contribution in [3.05, 3.63) is 54.5 Å². The van der Waals surface area contributed by atoms with Crippen LogP contribution in [0.5, 0.6) is 17.2 Å². The third-order valence-corrected chi connectivity index (χ3v) is 4.62. The molecule has 1 amide bonds. The molecule has 0 bridgehead atoms. The number of rotatable bonds is 6. The predicted molar refractivity (Wildman–Crippen MR) is 104 cm³/mol. The van der Waals surface area contributed by atoms with Crippen LogP contribution in [0, 0.1) is 17.0 Å². The van der Waals surface area contributed by atoms with Crippen LogP contribution in [0.25, 0.3) is 0 Å². The number of benzene rings is 2. The number of hydrogen-bond donors (Lipinski definition) is 3. The van der Waals surface area contributed by atoms with Crippen LogP contribution < -0.4 is 10.2 Å². The fraction of sp³-hybridized carbons (Fsp3) is 0.125. The lowest BCUT2D eigenvalue weighted by Gasteiger charge is -2.07. The fourth-order valence-electron chi connectivity index (χ4n) is 1.96. The number of nitro groups is 1. The Morgan fingerprint density at radius 2 is 2.04 bits per heavy atom. The van der Waals surface area contributed by atoms with E-state index in [1.807, 2.05) is 0 Å². The fourth-order valence-corrected chi connectivity index (χ4v) is 3.11. The summed E-state index contributed by atoms with van der Waals surface area (Å²) in [4.78, 5) is 22.2. The lowest BCUT2D eigenvalue weighted by Crippen LogP contribution is -2.24. The molecule has 0 aromatic heterocycles. The Labute approximate surface area is 170 Å². The maximum absolute atomic E-state index is 11.8. The van der Waals surface area contributed by atoms with E-state index in [1.165, 1.54) is 18.2 Å². The van der Waals surface area contributed by atoms with Gasteiger partial charge in [-0.2, -0.15) is 5.10 Å². The van der Waals surface area contributed by atoms with Crippen molar-refractivity contribution in [3.63, 3.8) is 0 Å². The first-order valence-electron chi connectivity index (χ1n) is 7.30. The largest absolute Gasteiger partial charge is 0.506 e. The molecule has 2 rings (SSSR count). The van der Waals surface area contributed by atoms with E-state index in [4.69, 9.17) is 4.74 Å². The third-order valence-electron chi connectivity index (χ3n) is 3.26. The van der Waals surface area contributed by atoms with Gasteiger partial charge in [0, 0.05) is 11.6 Å². The Bertz CT molecular complexity index is 933. The van der Waals surface area contributed by atoms with Crippen LogP contribution in [0.1, 0.15) is 11.1 Å². The normalized spacial score (nSPS) is 10.8. The maximum atomic E-state index is 11.8. The summed E-state index contributed by atoms with van der Waals surface area (Å²) in [5.74, 6) is -1.13. The summed E-state index contributed by atoms with van der Waals surface area (Å²) in [5, 5.41) is 34.2. The number of phenolic OH excluding ortho intramolecular Hbond substituents is 2. The van der Waals surface area contributed by atoms with Gasteiger partial charge in [-0.3, -0.25) is 14.9 Å². The zero-order chi connectivity index (χ0) is 20.1. The van der Waals surface area contributed by atoms with Crippen molar-refractivity contribution >= 4 is 49.7 Å². The van der Waals surface area contributed by atoms with Gasteiger partial charge in [0.2, 0.25) is 0 Å². The average Bonchev–Trinajstić information content (AvgIpc) is 2.62. The minimum atomic E-state index is -0.655. The van der Waals surface area contributed by atoms with Gasteiger partial charge in [-0.15, -0.1) is 0 Å². The van der Waals surface area contributed by atoms with Crippen molar-refractivity contribution in [2.45, 2.75) is 6.92 Å².